The zero-order valence-electron chi connectivity index (χ0n) is 17.5. The standard InChI is InChI=1S/C25H27N3O2S/c29-24(26-14-13-19-8-3-1-4-9-19)21-18-20(27-25(30)23-10-7-17-31-23)11-12-22(21)28-15-5-2-6-16-28/h1,3-4,7-12,17-18H,2,5-6,13-16H2,(H,26,29)(H,27,30). The molecule has 0 bridgehead atoms. The van der Waals surface area contributed by atoms with Crippen molar-refractivity contribution in [3.05, 3.63) is 82.0 Å². The minimum absolute atomic E-state index is 0.108. The Morgan fingerprint density at radius 1 is 0.903 bits per heavy atom. The van der Waals surface area contributed by atoms with E-state index in [1.54, 1.807) is 12.1 Å². The molecule has 5 nitrogen and oxygen atoms in total. The Morgan fingerprint density at radius 2 is 1.71 bits per heavy atom. The smallest absolute Gasteiger partial charge is 0.265 e. The molecule has 4 rings (SSSR count). The molecular weight excluding hydrogens is 406 g/mol. The largest absolute Gasteiger partial charge is 0.371 e. The van der Waals surface area contributed by atoms with Crippen molar-refractivity contribution in [2.45, 2.75) is 25.7 Å². The van der Waals surface area contributed by atoms with Crippen molar-refractivity contribution in [3.63, 3.8) is 0 Å². The molecule has 6 heteroatoms. The average molecular weight is 434 g/mol. The number of hydrogen-bond donors (Lipinski definition) is 2. The van der Waals surface area contributed by atoms with Crippen LogP contribution in [0.25, 0.3) is 0 Å². The summed E-state index contributed by atoms with van der Waals surface area (Å²) >= 11 is 1.40. The molecule has 0 radical (unpaired) electrons. The molecule has 1 aliphatic heterocycles. The van der Waals surface area contributed by atoms with E-state index in [-0.39, 0.29) is 11.8 Å². The summed E-state index contributed by atoms with van der Waals surface area (Å²) in [5.41, 5.74) is 3.37. The molecule has 1 saturated heterocycles. The molecule has 160 valence electrons. The molecule has 31 heavy (non-hydrogen) atoms. The highest BCUT2D eigenvalue weighted by atomic mass is 32.1. The maximum Gasteiger partial charge on any atom is 0.265 e. The van der Waals surface area contributed by atoms with E-state index in [1.165, 1.54) is 23.3 Å². The average Bonchev–Trinajstić information content (AvgIpc) is 3.35. The number of nitrogens with one attached hydrogen (secondary N) is 2. The fourth-order valence-corrected chi connectivity index (χ4v) is 4.49. The van der Waals surface area contributed by atoms with E-state index in [9.17, 15) is 9.59 Å². The second-order valence-electron chi connectivity index (χ2n) is 7.70. The third-order valence-electron chi connectivity index (χ3n) is 5.48. The Labute approximate surface area is 187 Å². The number of anilines is 2. The number of carbonyl (C=O) groups is 2. The van der Waals surface area contributed by atoms with Crippen LogP contribution in [0.3, 0.4) is 0 Å². The SMILES string of the molecule is O=C(Nc1ccc(N2CCCCC2)c(C(=O)NCCc2ccccc2)c1)c1cccs1. The summed E-state index contributed by atoms with van der Waals surface area (Å²) in [5, 5.41) is 7.86. The number of nitrogens with zero attached hydrogens (tertiary/aromatic N) is 1. The minimum Gasteiger partial charge on any atom is -0.371 e. The van der Waals surface area contributed by atoms with Gasteiger partial charge >= 0.3 is 0 Å². The number of hydrogen-bond acceptors (Lipinski definition) is 4. The van der Waals surface area contributed by atoms with Gasteiger partial charge in [-0.2, -0.15) is 0 Å². The molecule has 2 amide bonds. The zero-order chi connectivity index (χ0) is 21.5. The summed E-state index contributed by atoms with van der Waals surface area (Å²) in [6, 6.07) is 19.4. The minimum atomic E-state index is -0.156. The van der Waals surface area contributed by atoms with Crippen LogP contribution in [0.2, 0.25) is 0 Å². The van der Waals surface area contributed by atoms with Crippen LogP contribution in [0.5, 0.6) is 0 Å². The van der Waals surface area contributed by atoms with Crippen LogP contribution in [0.4, 0.5) is 11.4 Å². The lowest BCUT2D eigenvalue weighted by atomic mass is 10.1. The predicted octanol–water partition coefficient (Wildman–Crippen LogP) is 4.96. The van der Waals surface area contributed by atoms with Gasteiger partial charge in [0.05, 0.1) is 10.4 Å². The van der Waals surface area contributed by atoms with E-state index < -0.39 is 0 Å². The molecule has 0 aliphatic carbocycles. The number of rotatable bonds is 7. The van der Waals surface area contributed by atoms with E-state index in [0.717, 1.165) is 38.0 Å². The molecule has 1 aromatic heterocycles. The zero-order valence-corrected chi connectivity index (χ0v) is 18.3. The van der Waals surface area contributed by atoms with E-state index in [4.69, 9.17) is 0 Å². The predicted molar refractivity (Wildman–Crippen MR) is 127 cm³/mol. The van der Waals surface area contributed by atoms with Gasteiger partial charge in [0, 0.05) is 31.0 Å². The van der Waals surface area contributed by atoms with Crippen LogP contribution in [0.1, 0.15) is 44.9 Å². The Kier molecular flexibility index (Phi) is 6.99. The number of thiophene rings is 1. The molecule has 0 atom stereocenters. The first-order chi connectivity index (χ1) is 15.2. The van der Waals surface area contributed by atoms with Crippen LogP contribution < -0.4 is 15.5 Å². The Hall–Kier alpha value is -3.12. The van der Waals surface area contributed by atoms with Gasteiger partial charge in [-0.25, -0.2) is 0 Å². The molecule has 0 saturated carbocycles. The van der Waals surface area contributed by atoms with Gasteiger partial charge in [-0.15, -0.1) is 11.3 Å². The van der Waals surface area contributed by atoms with Crippen molar-refractivity contribution in [2.75, 3.05) is 29.9 Å². The Morgan fingerprint density at radius 3 is 2.45 bits per heavy atom. The van der Waals surface area contributed by atoms with Crippen LogP contribution in [-0.4, -0.2) is 31.4 Å². The molecular formula is C25H27N3O2S. The van der Waals surface area contributed by atoms with Gasteiger partial charge < -0.3 is 15.5 Å². The fourth-order valence-electron chi connectivity index (χ4n) is 3.87. The lowest BCUT2D eigenvalue weighted by Crippen LogP contribution is -2.33. The summed E-state index contributed by atoms with van der Waals surface area (Å²) < 4.78 is 0. The molecule has 0 spiro atoms. The van der Waals surface area contributed by atoms with E-state index in [0.29, 0.717) is 22.7 Å². The van der Waals surface area contributed by atoms with Crippen LogP contribution in [0, 0.1) is 0 Å². The van der Waals surface area contributed by atoms with Crippen LogP contribution >= 0.6 is 11.3 Å². The van der Waals surface area contributed by atoms with Crippen molar-refractivity contribution >= 4 is 34.5 Å². The Bertz CT molecular complexity index is 1010. The monoisotopic (exact) mass is 433 g/mol. The van der Waals surface area contributed by atoms with Crippen molar-refractivity contribution in [2.24, 2.45) is 0 Å². The van der Waals surface area contributed by atoms with E-state index >= 15 is 0 Å². The molecule has 1 fully saturated rings. The quantitative estimate of drug-likeness (QED) is 0.553. The van der Waals surface area contributed by atoms with Crippen molar-refractivity contribution in [3.8, 4) is 0 Å². The van der Waals surface area contributed by atoms with E-state index in [2.05, 4.69) is 27.7 Å². The maximum absolute atomic E-state index is 13.1. The van der Waals surface area contributed by atoms with Crippen molar-refractivity contribution in [1.82, 2.24) is 5.32 Å². The van der Waals surface area contributed by atoms with Gasteiger partial charge in [0.1, 0.15) is 0 Å². The molecule has 0 unspecified atom stereocenters. The topological polar surface area (TPSA) is 61.4 Å². The summed E-state index contributed by atoms with van der Waals surface area (Å²) in [4.78, 5) is 28.5. The third kappa shape index (κ3) is 5.52. The number of benzene rings is 2. The van der Waals surface area contributed by atoms with Gasteiger partial charge in [0.15, 0.2) is 0 Å². The normalized spacial score (nSPS) is 13.6. The van der Waals surface area contributed by atoms with Gasteiger partial charge in [0.25, 0.3) is 11.8 Å². The lowest BCUT2D eigenvalue weighted by molar-refractivity contribution is 0.0953. The molecule has 3 aromatic rings. The first kappa shape index (κ1) is 21.1. The summed E-state index contributed by atoms with van der Waals surface area (Å²) in [7, 11) is 0. The lowest BCUT2D eigenvalue weighted by Gasteiger charge is -2.30. The summed E-state index contributed by atoms with van der Waals surface area (Å²) in [6.07, 6.45) is 4.27. The van der Waals surface area contributed by atoms with Crippen LogP contribution in [0.15, 0.2) is 66.0 Å². The molecule has 2 heterocycles. The molecule has 2 N–H and O–H groups in total. The second kappa shape index (κ2) is 10.3. The number of amides is 2. The van der Waals surface area contributed by atoms with Crippen molar-refractivity contribution < 1.29 is 9.59 Å². The van der Waals surface area contributed by atoms with Gasteiger partial charge in [0.2, 0.25) is 0 Å². The van der Waals surface area contributed by atoms with Crippen LogP contribution in [-0.2, 0) is 6.42 Å². The first-order valence-corrected chi connectivity index (χ1v) is 11.6. The number of piperidine rings is 1. The summed E-state index contributed by atoms with van der Waals surface area (Å²) in [5.74, 6) is -0.264. The maximum atomic E-state index is 13.1. The highest BCUT2D eigenvalue weighted by Crippen LogP contribution is 2.27. The summed E-state index contributed by atoms with van der Waals surface area (Å²) in [6.45, 7) is 2.46. The van der Waals surface area contributed by atoms with Gasteiger partial charge in [-0.1, -0.05) is 36.4 Å². The highest BCUT2D eigenvalue weighted by Gasteiger charge is 2.20. The van der Waals surface area contributed by atoms with Gasteiger partial charge in [-0.05, 0) is 60.9 Å². The van der Waals surface area contributed by atoms with Gasteiger partial charge in [-0.3, -0.25) is 9.59 Å². The molecule has 1 aliphatic rings. The second-order valence-corrected chi connectivity index (χ2v) is 8.65. The molecule has 2 aromatic carbocycles. The van der Waals surface area contributed by atoms with Crippen molar-refractivity contribution in [1.29, 1.82) is 0 Å². The number of carbonyl (C=O) groups excluding carboxylic acids is 2. The first-order valence-electron chi connectivity index (χ1n) is 10.8. The van der Waals surface area contributed by atoms with E-state index in [1.807, 2.05) is 41.8 Å². The Balaban J connectivity index is 1.51. The highest BCUT2D eigenvalue weighted by molar-refractivity contribution is 7.12. The third-order valence-corrected chi connectivity index (χ3v) is 6.35. The fraction of sp³-hybridized carbons (Fsp3) is 0.280.